The van der Waals surface area contributed by atoms with E-state index < -0.39 is 0 Å². The van der Waals surface area contributed by atoms with Crippen LogP contribution < -0.4 is 31.1 Å². The van der Waals surface area contributed by atoms with Gasteiger partial charge in [-0.2, -0.15) is 0 Å². The number of rotatable bonds is 11. The molecular weight excluding hydrogens is 810 g/mol. The molecule has 0 atom stereocenters. The second-order valence-electron chi connectivity index (χ2n) is 22.6. The van der Waals surface area contributed by atoms with Crippen molar-refractivity contribution in [1.29, 1.82) is 0 Å². The van der Waals surface area contributed by atoms with E-state index in [1.165, 1.54) is 110 Å². The minimum absolute atomic E-state index is 0.0166. The third kappa shape index (κ3) is 8.97. The van der Waals surface area contributed by atoms with Crippen LogP contribution in [0.1, 0.15) is 135 Å². The van der Waals surface area contributed by atoms with E-state index >= 15 is 0 Å². The van der Waals surface area contributed by atoms with E-state index in [9.17, 15) is 0 Å². The molecule has 2 aliphatic rings. The number of anilines is 9. The number of benzene rings is 7. The van der Waals surface area contributed by atoms with E-state index in [1.807, 2.05) is 0 Å². The monoisotopic (exact) mass is 882 g/mol. The first-order valence-corrected chi connectivity index (χ1v) is 25.2. The summed E-state index contributed by atoms with van der Waals surface area (Å²) in [7, 11) is 0. The molecule has 2 aliphatic heterocycles. The largest absolute Gasteiger partial charge is 0.311 e. The molecule has 0 spiro atoms. The van der Waals surface area contributed by atoms with Crippen LogP contribution in [-0.4, -0.2) is 6.71 Å². The number of fused-ring (bicyclic) bond motifs is 4. The second-order valence-corrected chi connectivity index (χ2v) is 22.6. The van der Waals surface area contributed by atoms with Gasteiger partial charge in [0, 0.05) is 45.5 Å². The van der Waals surface area contributed by atoms with Gasteiger partial charge in [-0.25, -0.2) is 0 Å². The van der Waals surface area contributed by atoms with Gasteiger partial charge < -0.3 is 14.7 Å². The lowest BCUT2D eigenvalue weighted by atomic mass is 9.33. The highest BCUT2D eigenvalue weighted by Gasteiger charge is 2.44. The first-order valence-electron chi connectivity index (χ1n) is 25.2. The summed E-state index contributed by atoms with van der Waals surface area (Å²) in [6, 6.07) is 57.1. The fraction of sp³-hybridized carbons (Fsp3) is 0.333. The van der Waals surface area contributed by atoms with E-state index in [0.29, 0.717) is 0 Å². The molecule has 67 heavy (non-hydrogen) atoms. The van der Waals surface area contributed by atoms with Crippen LogP contribution in [-0.2, 0) is 29.1 Å². The van der Waals surface area contributed by atoms with Crippen LogP contribution in [0.15, 0.2) is 146 Å². The van der Waals surface area contributed by atoms with Gasteiger partial charge >= 0.3 is 0 Å². The number of hydrogen-bond donors (Lipinski definition) is 0. The Morgan fingerprint density at radius 1 is 0.418 bits per heavy atom. The summed E-state index contributed by atoms with van der Waals surface area (Å²) in [6.45, 7) is 27.7. The molecule has 0 fully saturated rings. The van der Waals surface area contributed by atoms with E-state index in [0.717, 1.165) is 29.9 Å². The Labute approximate surface area is 404 Å². The molecule has 342 valence electrons. The first kappa shape index (κ1) is 46.1. The van der Waals surface area contributed by atoms with Crippen LogP contribution in [0, 0.1) is 6.92 Å². The van der Waals surface area contributed by atoms with Crippen LogP contribution in [0.4, 0.5) is 51.2 Å². The maximum absolute atomic E-state index is 2.60. The summed E-state index contributed by atoms with van der Waals surface area (Å²) < 4.78 is 0. The molecule has 0 bridgehead atoms. The highest BCUT2D eigenvalue weighted by Crippen LogP contribution is 2.49. The Morgan fingerprint density at radius 3 is 1.22 bits per heavy atom. The molecule has 3 nitrogen and oxygen atoms in total. The molecule has 0 saturated carbocycles. The SMILES string of the molecule is CCCCc1ccc(N(c2ccc(C)cc2)c2cc3c4c(c2)N(c2ccc(C(C)(C)C)cc2)c2cc(C(C)(C)C)ccc2B4c2ccc(C(C)(C)C)cc2N3c2ccc(CCCC)cc2)cc1. The Morgan fingerprint density at radius 2 is 0.806 bits per heavy atom. The number of aryl methyl sites for hydroxylation is 3. The summed E-state index contributed by atoms with van der Waals surface area (Å²) in [5, 5.41) is 0. The molecule has 0 aromatic heterocycles. The van der Waals surface area contributed by atoms with Crippen molar-refractivity contribution in [2.75, 3.05) is 14.7 Å². The van der Waals surface area contributed by atoms with E-state index in [2.05, 4.69) is 243 Å². The number of unbranched alkanes of at least 4 members (excludes halogenated alkanes) is 2. The Kier molecular flexibility index (Phi) is 12.3. The summed E-state index contributed by atoms with van der Waals surface area (Å²) >= 11 is 0. The topological polar surface area (TPSA) is 9.72 Å². The second kappa shape index (κ2) is 17.9. The quantitative estimate of drug-likeness (QED) is 0.120. The molecule has 7 aromatic carbocycles. The van der Waals surface area contributed by atoms with Gasteiger partial charge in [0.1, 0.15) is 0 Å². The van der Waals surface area contributed by atoms with Gasteiger partial charge in [-0.15, -0.1) is 0 Å². The zero-order valence-corrected chi connectivity index (χ0v) is 42.5. The van der Waals surface area contributed by atoms with Gasteiger partial charge in [0.2, 0.25) is 0 Å². The van der Waals surface area contributed by atoms with Crippen LogP contribution in [0.3, 0.4) is 0 Å². The molecular formula is C63H72BN3. The van der Waals surface area contributed by atoms with Crippen molar-refractivity contribution in [1.82, 2.24) is 0 Å². The smallest absolute Gasteiger partial charge is 0.252 e. The third-order valence-corrected chi connectivity index (χ3v) is 14.4. The lowest BCUT2D eigenvalue weighted by Crippen LogP contribution is -2.61. The normalized spacial score (nSPS) is 13.3. The van der Waals surface area contributed by atoms with Crippen molar-refractivity contribution in [2.24, 2.45) is 0 Å². The molecule has 4 heteroatoms. The summed E-state index contributed by atoms with van der Waals surface area (Å²) in [4.78, 5) is 7.69. The summed E-state index contributed by atoms with van der Waals surface area (Å²) in [5.74, 6) is 0. The van der Waals surface area contributed by atoms with Crippen LogP contribution in [0.2, 0.25) is 0 Å². The molecule has 0 N–H and O–H groups in total. The van der Waals surface area contributed by atoms with Gasteiger partial charge in [-0.3, -0.25) is 0 Å². The first-order chi connectivity index (χ1) is 31.9. The lowest BCUT2D eigenvalue weighted by Gasteiger charge is -2.45. The minimum atomic E-state index is -0.0399. The molecule has 0 radical (unpaired) electrons. The predicted octanol–water partition coefficient (Wildman–Crippen LogP) is 16.1. The zero-order chi connectivity index (χ0) is 47.4. The summed E-state index contributed by atoms with van der Waals surface area (Å²) in [5.41, 5.74) is 22.7. The minimum Gasteiger partial charge on any atom is -0.311 e. The van der Waals surface area contributed by atoms with Crippen molar-refractivity contribution in [2.45, 2.75) is 138 Å². The number of nitrogens with zero attached hydrogens (tertiary/aromatic N) is 3. The Bertz CT molecular complexity index is 2870. The van der Waals surface area contributed by atoms with Crippen LogP contribution >= 0.6 is 0 Å². The average molecular weight is 882 g/mol. The number of hydrogen-bond acceptors (Lipinski definition) is 3. The third-order valence-electron chi connectivity index (χ3n) is 14.4. The zero-order valence-electron chi connectivity index (χ0n) is 42.5. The van der Waals surface area contributed by atoms with Gasteiger partial charge in [0.25, 0.3) is 6.71 Å². The van der Waals surface area contributed by atoms with Crippen LogP contribution in [0.25, 0.3) is 0 Å². The van der Waals surface area contributed by atoms with Gasteiger partial charge in [0.15, 0.2) is 0 Å². The predicted molar refractivity (Wildman–Crippen MR) is 293 cm³/mol. The van der Waals surface area contributed by atoms with E-state index in [-0.39, 0.29) is 23.0 Å². The fourth-order valence-electron chi connectivity index (χ4n) is 10.2. The van der Waals surface area contributed by atoms with Gasteiger partial charge in [0.05, 0.1) is 5.69 Å². The molecule has 9 rings (SSSR count). The van der Waals surface area contributed by atoms with E-state index in [4.69, 9.17) is 0 Å². The molecule has 2 heterocycles. The fourth-order valence-corrected chi connectivity index (χ4v) is 10.2. The average Bonchev–Trinajstić information content (AvgIpc) is 3.30. The van der Waals surface area contributed by atoms with Crippen LogP contribution in [0.5, 0.6) is 0 Å². The van der Waals surface area contributed by atoms with Crippen molar-refractivity contribution < 1.29 is 0 Å². The van der Waals surface area contributed by atoms with Gasteiger partial charge in [-0.05, 0) is 166 Å². The highest BCUT2D eigenvalue weighted by molar-refractivity contribution is 7.00. The Hall–Kier alpha value is -6.00. The molecule has 0 saturated heterocycles. The van der Waals surface area contributed by atoms with Crippen molar-refractivity contribution >= 4 is 74.3 Å². The lowest BCUT2D eigenvalue weighted by molar-refractivity contribution is 0.590. The van der Waals surface area contributed by atoms with E-state index in [1.54, 1.807) is 0 Å². The van der Waals surface area contributed by atoms with Gasteiger partial charge in [-0.1, -0.05) is 167 Å². The Balaban J connectivity index is 1.40. The maximum atomic E-state index is 2.60. The standard InChI is InChI=1S/C63H72BN3/c1-13-15-17-44-21-31-50(32-22-44)65(49-29-19-43(3)20-30-49)53-41-58-60-59(42-53)67(52-35-25-46(26-36-52)61(4,5)6)57-40-48(63(10,11)12)28-38-55(57)64(60)54-37-27-47(62(7,8)9)39-56(54)66(58)51-33-23-45(24-34-51)18-16-14-2/h19-42H,13-18H2,1-12H3. The highest BCUT2D eigenvalue weighted by atomic mass is 15.2. The molecule has 0 unspecified atom stereocenters. The maximum Gasteiger partial charge on any atom is 0.252 e. The van der Waals surface area contributed by atoms with Crippen molar-refractivity contribution in [3.63, 3.8) is 0 Å². The molecule has 0 aliphatic carbocycles. The van der Waals surface area contributed by atoms with Crippen molar-refractivity contribution in [3.05, 3.63) is 179 Å². The van der Waals surface area contributed by atoms with Crippen molar-refractivity contribution in [3.8, 4) is 0 Å². The molecule has 0 amide bonds. The molecule has 7 aromatic rings. The summed E-state index contributed by atoms with van der Waals surface area (Å²) in [6.07, 6.45) is 6.93.